The molecule has 1 aromatic heterocycles. The number of hydrogen-bond acceptors (Lipinski definition) is 4. The van der Waals surface area contributed by atoms with Gasteiger partial charge in [-0.15, -0.1) is 0 Å². The number of nitrogens with zero attached hydrogens (tertiary/aromatic N) is 2. The standard InChI is InChI=1S/C16H20N4O2/c21-16(17-7-8-20-9-11-22-12-10-20)14-3-1-13(2-4-14)15-5-6-18-19-15/h1-6H,7-12H2,(H,17,21)(H,18,19). The number of carbonyl (C=O) groups is 1. The van der Waals surface area contributed by atoms with Gasteiger partial charge in [0, 0.05) is 37.9 Å². The van der Waals surface area contributed by atoms with Crippen LogP contribution in [0, 0.1) is 0 Å². The summed E-state index contributed by atoms with van der Waals surface area (Å²) in [5, 5.41) is 9.79. The van der Waals surface area contributed by atoms with Gasteiger partial charge >= 0.3 is 0 Å². The van der Waals surface area contributed by atoms with Crippen LogP contribution in [0.4, 0.5) is 0 Å². The van der Waals surface area contributed by atoms with E-state index in [0.29, 0.717) is 12.1 Å². The Morgan fingerprint density at radius 2 is 2.00 bits per heavy atom. The Morgan fingerprint density at radius 3 is 2.68 bits per heavy atom. The zero-order chi connectivity index (χ0) is 15.2. The molecule has 0 aliphatic carbocycles. The highest BCUT2D eigenvalue weighted by atomic mass is 16.5. The third-order valence-corrected chi connectivity index (χ3v) is 3.78. The number of aromatic nitrogens is 2. The van der Waals surface area contributed by atoms with E-state index < -0.39 is 0 Å². The van der Waals surface area contributed by atoms with Gasteiger partial charge in [-0.05, 0) is 23.8 Å². The molecule has 0 unspecified atom stereocenters. The first-order chi connectivity index (χ1) is 10.8. The first-order valence-electron chi connectivity index (χ1n) is 7.51. The van der Waals surface area contributed by atoms with Gasteiger partial charge in [-0.25, -0.2) is 0 Å². The van der Waals surface area contributed by atoms with E-state index in [2.05, 4.69) is 20.4 Å². The number of aromatic amines is 1. The molecule has 0 spiro atoms. The van der Waals surface area contributed by atoms with Crippen LogP contribution in [0.25, 0.3) is 11.3 Å². The molecule has 1 fully saturated rings. The predicted molar refractivity (Wildman–Crippen MR) is 83.6 cm³/mol. The zero-order valence-electron chi connectivity index (χ0n) is 12.4. The molecule has 6 nitrogen and oxygen atoms in total. The molecule has 0 atom stereocenters. The van der Waals surface area contributed by atoms with Crippen molar-refractivity contribution < 1.29 is 9.53 Å². The lowest BCUT2D eigenvalue weighted by Crippen LogP contribution is -2.41. The molecule has 22 heavy (non-hydrogen) atoms. The van der Waals surface area contributed by atoms with E-state index in [-0.39, 0.29) is 5.91 Å². The van der Waals surface area contributed by atoms with Gasteiger partial charge in [0.2, 0.25) is 0 Å². The molecule has 116 valence electrons. The highest BCUT2D eigenvalue weighted by Crippen LogP contribution is 2.16. The lowest BCUT2D eigenvalue weighted by molar-refractivity contribution is 0.0383. The molecule has 2 heterocycles. The quantitative estimate of drug-likeness (QED) is 0.869. The van der Waals surface area contributed by atoms with E-state index in [1.807, 2.05) is 30.3 Å². The van der Waals surface area contributed by atoms with Gasteiger partial charge in [0.05, 0.1) is 18.9 Å². The van der Waals surface area contributed by atoms with Gasteiger partial charge in [0.1, 0.15) is 0 Å². The van der Waals surface area contributed by atoms with E-state index >= 15 is 0 Å². The summed E-state index contributed by atoms with van der Waals surface area (Å²) in [6.07, 6.45) is 1.71. The van der Waals surface area contributed by atoms with Crippen molar-refractivity contribution in [1.82, 2.24) is 20.4 Å². The molecule has 2 N–H and O–H groups in total. The van der Waals surface area contributed by atoms with Crippen LogP contribution in [0.3, 0.4) is 0 Å². The third-order valence-electron chi connectivity index (χ3n) is 3.78. The van der Waals surface area contributed by atoms with Crippen molar-refractivity contribution in [3.8, 4) is 11.3 Å². The molecule has 0 radical (unpaired) electrons. The van der Waals surface area contributed by atoms with E-state index in [1.165, 1.54) is 0 Å². The Hall–Kier alpha value is -2.18. The van der Waals surface area contributed by atoms with Gasteiger partial charge in [-0.2, -0.15) is 5.10 Å². The number of H-pyrrole nitrogens is 1. The van der Waals surface area contributed by atoms with Gasteiger partial charge < -0.3 is 10.1 Å². The van der Waals surface area contributed by atoms with Crippen molar-refractivity contribution in [3.63, 3.8) is 0 Å². The number of morpholine rings is 1. The number of benzene rings is 1. The van der Waals surface area contributed by atoms with Crippen LogP contribution in [-0.2, 0) is 4.74 Å². The summed E-state index contributed by atoms with van der Waals surface area (Å²) in [4.78, 5) is 14.4. The molecule has 6 heteroatoms. The first kappa shape index (κ1) is 14.7. The summed E-state index contributed by atoms with van der Waals surface area (Å²) in [6, 6.07) is 9.41. The molecule has 3 rings (SSSR count). The SMILES string of the molecule is O=C(NCCN1CCOCC1)c1ccc(-c2ccn[nH]2)cc1. The van der Waals surface area contributed by atoms with Crippen LogP contribution in [-0.4, -0.2) is 60.4 Å². The van der Waals surface area contributed by atoms with E-state index in [0.717, 1.165) is 44.1 Å². The highest BCUT2D eigenvalue weighted by molar-refractivity contribution is 5.94. The molecule has 1 aromatic carbocycles. The number of amides is 1. The maximum atomic E-state index is 12.1. The third kappa shape index (κ3) is 3.72. The molecule has 0 saturated carbocycles. The molecule has 1 amide bonds. The second-order valence-electron chi connectivity index (χ2n) is 5.26. The Kier molecular flexibility index (Phi) is 4.82. The Labute approximate surface area is 129 Å². The molecule has 1 aliphatic heterocycles. The smallest absolute Gasteiger partial charge is 0.251 e. The number of hydrogen-bond donors (Lipinski definition) is 2. The molecule has 0 bridgehead atoms. The Balaban J connectivity index is 1.49. The topological polar surface area (TPSA) is 70.2 Å². The van der Waals surface area contributed by atoms with Crippen molar-refractivity contribution in [2.24, 2.45) is 0 Å². The minimum atomic E-state index is -0.0376. The van der Waals surface area contributed by atoms with Crippen LogP contribution in [0.15, 0.2) is 36.5 Å². The monoisotopic (exact) mass is 300 g/mol. The summed E-state index contributed by atoms with van der Waals surface area (Å²) >= 11 is 0. The zero-order valence-corrected chi connectivity index (χ0v) is 12.4. The summed E-state index contributed by atoms with van der Waals surface area (Å²) in [6.45, 7) is 4.96. The minimum Gasteiger partial charge on any atom is -0.379 e. The summed E-state index contributed by atoms with van der Waals surface area (Å²) in [7, 11) is 0. The van der Waals surface area contributed by atoms with Crippen LogP contribution in [0.5, 0.6) is 0 Å². The highest BCUT2D eigenvalue weighted by Gasteiger charge is 2.11. The van der Waals surface area contributed by atoms with Crippen LogP contribution < -0.4 is 5.32 Å². The predicted octanol–water partition coefficient (Wildman–Crippen LogP) is 1.14. The largest absolute Gasteiger partial charge is 0.379 e. The molecular weight excluding hydrogens is 280 g/mol. The number of nitrogens with one attached hydrogen (secondary N) is 2. The average molecular weight is 300 g/mol. The van der Waals surface area contributed by atoms with E-state index in [9.17, 15) is 4.79 Å². The number of rotatable bonds is 5. The molecule has 1 saturated heterocycles. The second-order valence-corrected chi connectivity index (χ2v) is 5.26. The van der Waals surface area contributed by atoms with Gasteiger partial charge in [-0.3, -0.25) is 14.8 Å². The number of ether oxygens (including phenoxy) is 1. The summed E-state index contributed by atoms with van der Waals surface area (Å²) in [5.74, 6) is -0.0376. The van der Waals surface area contributed by atoms with Gasteiger partial charge in [0.25, 0.3) is 5.91 Å². The van der Waals surface area contributed by atoms with E-state index in [4.69, 9.17) is 4.74 Å². The summed E-state index contributed by atoms with van der Waals surface area (Å²) in [5.41, 5.74) is 2.63. The Bertz CT molecular complexity index is 589. The lowest BCUT2D eigenvalue weighted by Gasteiger charge is -2.26. The fourth-order valence-electron chi connectivity index (χ4n) is 2.47. The molecule has 2 aromatic rings. The van der Waals surface area contributed by atoms with Crippen molar-refractivity contribution in [2.75, 3.05) is 39.4 Å². The van der Waals surface area contributed by atoms with Crippen LogP contribution >= 0.6 is 0 Å². The normalized spacial score (nSPS) is 15.6. The summed E-state index contributed by atoms with van der Waals surface area (Å²) < 4.78 is 5.30. The lowest BCUT2D eigenvalue weighted by atomic mass is 10.1. The maximum Gasteiger partial charge on any atom is 0.251 e. The first-order valence-corrected chi connectivity index (χ1v) is 7.51. The fourth-order valence-corrected chi connectivity index (χ4v) is 2.47. The molecule has 1 aliphatic rings. The van der Waals surface area contributed by atoms with Gasteiger partial charge in [-0.1, -0.05) is 12.1 Å². The van der Waals surface area contributed by atoms with Crippen LogP contribution in [0.1, 0.15) is 10.4 Å². The number of carbonyl (C=O) groups excluding carboxylic acids is 1. The maximum absolute atomic E-state index is 12.1. The van der Waals surface area contributed by atoms with E-state index in [1.54, 1.807) is 6.20 Å². The second kappa shape index (κ2) is 7.20. The molecular formula is C16H20N4O2. The van der Waals surface area contributed by atoms with Gasteiger partial charge in [0.15, 0.2) is 0 Å². The van der Waals surface area contributed by atoms with Crippen molar-refractivity contribution in [2.45, 2.75) is 0 Å². The minimum absolute atomic E-state index is 0.0376. The van der Waals surface area contributed by atoms with Crippen molar-refractivity contribution >= 4 is 5.91 Å². The Morgan fingerprint density at radius 1 is 1.23 bits per heavy atom. The fraction of sp³-hybridized carbons (Fsp3) is 0.375. The van der Waals surface area contributed by atoms with Crippen molar-refractivity contribution in [3.05, 3.63) is 42.1 Å². The average Bonchev–Trinajstić information content (AvgIpc) is 3.10. The van der Waals surface area contributed by atoms with Crippen molar-refractivity contribution in [1.29, 1.82) is 0 Å². The van der Waals surface area contributed by atoms with Crippen LogP contribution in [0.2, 0.25) is 0 Å².